The van der Waals surface area contributed by atoms with Crippen LogP contribution in [0.25, 0.3) is 0 Å². The molecule has 0 amide bonds. The molecular formula is C19H23N7S. The second-order valence-electron chi connectivity index (χ2n) is 7.79. The van der Waals surface area contributed by atoms with Gasteiger partial charge < -0.3 is 11.1 Å². The fourth-order valence-corrected chi connectivity index (χ4v) is 3.39. The summed E-state index contributed by atoms with van der Waals surface area (Å²) >= 11 is 1.48. The van der Waals surface area contributed by atoms with Crippen molar-refractivity contribution in [1.29, 1.82) is 0 Å². The van der Waals surface area contributed by atoms with Crippen LogP contribution in [0.2, 0.25) is 0 Å². The van der Waals surface area contributed by atoms with Gasteiger partial charge in [-0.25, -0.2) is 4.98 Å². The first-order chi connectivity index (χ1) is 12.9. The second-order valence-corrected chi connectivity index (χ2v) is 8.83. The minimum absolute atomic E-state index is 0.000540. The van der Waals surface area contributed by atoms with Crippen LogP contribution < -0.4 is 11.1 Å². The third kappa shape index (κ3) is 4.39. The van der Waals surface area contributed by atoms with Crippen LogP contribution in [0.5, 0.6) is 0 Å². The molecular weight excluding hydrogens is 358 g/mol. The van der Waals surface area contributed by atoms with Gasteiger partial charge in [-0.15, -0.1) is 0 Å². The number of hydrogen-bond donors (Lipinski definition) is 3. The van der Waals surface area contributed by atoms with Crippen LogP contribution in [0.4, 0.5) is 17.5 Å². The van der Waals surface area contributed by atoms with Crippen LogP contribution in [-0.4, -0.2) is 25.1 Å². The van der Waals surface area contributed by atoms with Gasteiger partial charge in [0.15, 0.2) is 11.0 Å². The van der Waals surface area contributed by atoms with Crippen molar-refractivity contribution >= 4 is 29.2 Å². The van der Waals surface area contributed by atoms with Gasteiger partial charge in [0.25, 0.3) is 0 Å². The first-order valence-corrected chi connectivity index (χ1v) is 9.81. The molecule has 1 saturated carbocycles. The minimum Gasteiger partial charge on any atom is -0.399 e. The lowest BCUT2D eigenvalue weighted by molar-refractivity contribution is 0.567. The Hall–Kier alpha value is -2.61. The maximum absolute atomic E-state index is 5.88. The van der Waals surface area contributed by atoms with E-state index in [0.29, 0.717) is 22.8 Å². The number of rotatable bonds is 5. The van der Waals surface area contributed by atoms with Crippen molar-refractivity contribution in [2.24, 2.45) is 0 Å². The van der Waals surface area contributed by atoms with Crippen molar-refractivity contribution in [2.75, 3.05) is 11.1 Å². The van der Waals surface area contributed by atoms with Gasteiger partial charge >= 0.3 is 0 Å². The lowest BCUT2D eigenvalue weighted by Crippen LogP contribution is -2.11. The Balaban J connectivity index is 1.60. The Morgan fingerprint density at radius 3 is 2.63 bits per heavy atom. The summed E-state index contributed by atoms with van der Waals surface area (Å²) in [6.45, 7) is 6.41. The fraction of sp³-hybridized carbons (Fsp3) is 0.368. The van der Waals surface area contributed by atoms with Crippen LogP contribution in [0.3, 0.4) is 0 Å². The molecule has 1 fully saturated rings. The number of H-pyrrole nitrogens is 1. The van der Waals surface area contributed by atoms with Gasteiger partial charge in [0.2, 0.25) is 5.95 Å². The summed E-state index contributed by atoms with van der Waals surface area (Å²) in [6, 6.07) is 9.70. The number of anilines is 3. The topological polar surface area (TPSA) is 105 Å². The third-order valence-electron chi connectivity index (χ3n) is 4.27. The molecule has 1 aromatic carbocycles. The van der Waals surface area contributed by atoms with E-state index < -0.39 is 0 Å². The number of aromatic nitrogens is 5. The highest BCUT2D eigenvalue weighted by molar-refractivity contribution is 7.99. The van der Waals surface area contributed by atoms with E-state index in [1.165, 1.54) is 11.8 Å². The molecule has 4 N–H and O–H groups in total. The Labute approximate surface area is 162 Å². The Morgan fingerprint density at radius 2 is 1.96 bits per heavy atom. The van der Waals surface area contributed by atoms with Gasteiger partial charge in [-0.1, -0.05) is 26.8 Å². The number of nitrogen functional groups attached to an aromatic ring is 1. The van der Waals surface area contributed by atoms with Gasteiger partial charge in [0.05, 0.1) is 0 Å². The molecule has 4 rings (SSSR count). The molecule has 0 atom stereocenters. The Kier molecular flexibility index (Phi) is 4.51. The Bertz CT molecular complexity index is 957. The quantitative estimate of drug-likeness (QED) is 0.567. The number of aromatic amines is 1. The Morgan fingerprint density at radius 1 is 1.15 bits per heavy atom. The summed E-state index contributed by atoms with van der Waals surface area (Å²) < 4.78 is 0. The lowest BCUT2D eigenvalue weighted by Gasteiger charge is -2.14. The number of nitrogens with one attached hydrogen (secondary N) is 2. The number of benzene rings is 1. The van der Waals surface area contributed by atoms with E-state index in [9.17, 15) is 0 Å². The molecule has 0 spiro atoms. The molecule has 140 valence electrons. The predicted molar refractivity (Wildman–Crippen MR) is 107 cm³/mol. The maximum Gasteiger partial charge on any atom is 0.232 e. The van der Waals surface area contributed by atoms with Gasteiger partial charge in [-0.05, 0) is 42.8 Å². The molecule has 2 heterocycles. The average molecular weight is 382 g/mol. The summed E-state index contributed by atoms with van der Waals surface area (Å²) in [5, 5.41) is 11.3. The van der Waals surface area contributed by atoms with Crippen molar-refractivity contribution in [1.82, 2.24) is 25.1 Å². The van der Waals surface area contributed by atoms with Gasteiger partial charge in [0, 0.05) is 33.7 Å². The van der Waals surface area contributed by atoms with E-state index in [-0.39, 0.29) is 5.41 Å². The standard InChI is InChI=1S/C19H23N7S/c1-19(2,3)14-10-15(26-25-14)21-17-22-16(11-7-8-11)23-18(24-17)27-13-6-4-5-12(20)9-13/h4-6,9-11H,7-8,20H2,1-3H3,(H2,21,22,23,24,25,26). The summed E-state index contributed by atoms with van der Waals surface area (Å²) in [7, 11) is 0. The molecule has 0 unspecified atom stereocenters. The second kappa shape index (κ2) is 6.84. The van der Waals surface area contributed by atoms with Crippen LogP contribution in [0.1, 0.15) is 51.0 Å². The highest BCUT2D eigenvalue weighted by Gasteiger charge is 2.28. The zero-order valence-corrected chi connectivity index (χ0v) is 16.5. The van der Waals surface area contributed by atoms with Gasteiger partial charge in [-0.2, -0.15) is 15.1 Å². The first-order valence-electron chi connectivity index (χ1n) is 8.99. The number of hydrogen-bond acceptors (Lipinski definition) is 7. The molecule has 1 aliphatic rings. The van der Waals surface area contributed by atoms with Crippen molar-refractivity contribution in [2.45, 2.75) is 55.0 Å². The average Bonchev–Trinajstić information content (AvgIpc) is 3.33. The molecule has 2 aromatic heterocycles. The molecule has 0 bridgehead atoms. The molecule has 1 aliphatic carbocycles. The summed E-state index contributed by atoms with van der Waals surface area (Å²) in [6.07, 6.45) is 2.25. The van der Waals surface area contributed by atoms with Crippen molar-refractivity contribution in [3.63, 3.8) is 0 Å². The first kappa shape index (κ1) is 17.8. The molecule has 0 radical (unpaired) electrons. The highest BCUT2D eigenvalue weighted by Crippen LogP contribution is 2.39. The van der Waals surface area contributed by atoms with E-state index in [1.54, 1.807) is 0 Å². The monoisotopic (exact) mass is 381 g/mol. The van der Waals surface area contributed by atoms with Crippen molar-refractivity contribution in [3.05, 3.63) is 41.9 Å². The minimum atomic E-state index is -0.000540. The zero-order valence-electron chi connectivity index (χ0n) is 15.7. The molecule has 7 nitrogen and oxygen atoms in total. The molecule has 0 saturated heterocycles. The summed E-state index contributed by atoms with van der Waals surface area (Å²) in [5.41, 5.74) is 7.65. The van der Waals surface area contributed by atoms with E-state index in [0.717, 1.165) is 34.9 Å². The SMILES string of the molecule is CC(C)(C)c1cc(Nc2nc(Sc3cccc(N)c3)nc(C3CC3)n2)n[nH]1. The van der Waals surface area contributed by atoms with E-state index in [2.05, 4.69) is 51.2 Å². The lowest BCUT2D eigenvalue weighted by atomic mass is 9.92. The van der Waals surface area contributed by atoms with Gasteiger partial charge in [-0.3, -0.25) is 5.10 Å². The summed E-state index contributed by atoms with van der Waals surface area (Å²) in [4.78, 5) is 14.8. The fourth-order valence-electron chi connectivity index (χ4n) is 2.57. The van der Waals surface area contributed by atoms with E-state index in [1.807, 2.05) is 30.3 Å². The van der Waals surface area contributed by atoms with Crippen LogP contribution >= 0.6 is 11.8 Å². The molecule has 3 aromatic rings. The zero-order chi connectivity index (χ0) is 19.0. The number of nitrogens with zero attached hydrogens (tertiary/aromatic N) is 4. The predicted octanol–water partition coefficient (Wildman–Crippen LogP) is 4.25. The van der Waals surface area contributed by atoms with Crippen molar-refractivity contribution in [3.8, 4) is 0 Å². The highest BCUT2D eigenvalue weighted by atomic mass is 32.2. The maximum atomic E-state index is 5.88. The van der Waals surface area contributed by atoms with Crippen LogP contribution in [-0.2, 0) is 5.41 Å². The van der Waals surface area contributed by atoms with E-state index in [4.69, 9.17) is 5.73 Å². The van der Waals surface area contributed by atoms with Gasteiger partial charge in [0.1, 0.15) is 5.82 Å². The van der Waals surface area contributed by atoms with E-state index >= 15 is 0 Å². The third-order valence-corrected chi connectivity index (χ3v) is 5.12. The normalized spacial score (nSPS) is 14.3. The van der Waals surface area contributed by atoms with Crippen LogP contribution in [0.15, 0.2) is 40.4 Å². The number of nitrogens with two attached hydrogens (primary N) is 1. The molecule has 27 heavy (non-hydrogen) atoms. The molecule has 8 heteroatoms. The smallest absolute Gasteiger partial charge is 0.232 e. The van der Waals surface area contributed by atoms with Crippen LogP contribution in [0, 0.1) is 0 Å². The largest absolute Gasteiger partial charge is 0.399 e. The summed E-state index contributed by atoms with van der Waals surface area (Å²) in [5.74, 6) is 2.49. The van der Waals surface area contributed by atoms with Crippen molar-refractivity contribution < 1.29 is 0 Å². The molecule has 0 aliphatic heterocycles.